The molecule has 0 radical (unpaired) electrons. The van der Waals surface area contributed by atoms with Crippen LogP contribution in [0.4, 0.5) is 0 Å². The summed E-state index contributed by atoms with van der Waals surface area (Å²) in [6, 6.07) is 16.4. The number of methoxy groups -OCH3 is 2. The third-order valence-corrected chi connectivity index (χ3v) is 12.1. The molecule has 0 amide bonds. The van der Waals surface area contributed by atoms with Gasteiger partial charge in [-0.2, -0.15) is 0 Å². The van der Waals surface area contributed by atoms with Crippen molar-refractivity contribution in [3.63, 3.8) is 0 Å². The van der Waals surface area contributed by atoms with Crippen molar-refractivity contribution in [1.82, 2.24) is 0 Å². The van der Waals surface area contributed by atoms with E-state index in [-0.39, 0.29) is 0 Å². The Morgan fingerprint density at radius 1 is 0.609 bits per heavy atom. The molecule has 6 aliphatic carbocycles. The molecule has 8 rings (SSSR count). The van der Waals surface area contributed by atoms with E-state index >= 15 is 0 Å². The highest BCUT2D eigenvalue weighted by Crippen LogP contribution is 2.54. The fourth-order valence-electron chi connectivity index (χ4n) is 10.3. The molecule has 244 valence electrons. The number of benzene rings is 2. The van der Waals surface area contributed by atoms with Crippen LogP contribution in [-0.2, 0) is 9.47 Å². The standard InChI is InChI=1S/C22H28O.C21H26O2/c1-15-7-5-10-18(13-15)22(23-2)21-17-9-6-12-20(21)19-11-4-3-8-16(19)14-17;1-23-21(16-8-4-9-17(22)13-16)20-15-7-5-11-19(20)18-10-3-2-6-14(18)12-15/h5,7,10,13,17,20H,3-4,6,8-9,11-12,14H2,1-2H3;4,8-9,13,15,19,22H,2-3,5-7,10-12H2,1H3/b22-21+;21-20+. The molecule has 4 unspecified atom stereocenters. The van der Waals surface area contributed by atoms with Crippen LogP contribution in [0.2, 0.25) is 0 Å². The van der Waals surface area contributed by atoms with E-state index in [0.29, 0.717) is 23.5 Å². The number of hydrogen-bond donors (Lipinski definition) is 1. The maximum atomic E-state index is 9.86. The lowest BCUT2D eigenvalue weighted by Crippen LogP contribution is -2.30. The summed E-state index contributed by atoms with van der Waals surface area (Å²) in [6.07, 6.45) is 21.4. The third kappa shape index (κ3) is 6.12. The molecule has 1 N–H and O–H groups in total. The summed E-state index contributed by atoms with van der Waals surface area (Å²) in [5.74, 6) is 5.15. The zero-order chi connectivity index (χ0) is 31.6. The third-order valence-electron chi connectivity index (χ3n) is 12.1. The lowest BCUT2D eigenvalue weighted by molar-refractivity contribution is 0.311. The van der Waals surface area contributed by atoms with Crippen LogP contribution in [0.15, 0.2) is 82.0 Å². The summed E-state index contributed by atoms with van der Waals surface area (Å²) >= 11 is 0. The molecule has 2 aromatic rings. The molecule has 0 saturated heterocycles. The molecular weight excluding hydrogens is 564 g/mol. The minimum atomic E-state index is 0.316. The largest absolute Gasteiger partial charge is 0.508 e. The zero-order valence-corrected chi connectivity index (χ0v) is 28.5. The van der Waals surface area contributed by atoms with Gasteiger partial charge in [-0.15, -0.1) is 0 Å². The normalized spacial score (nSPS) is 29.1. The summed E-state index contributed by atoms with van der Waals surface area (Å²) < 4.78 is 11.9. The summed E-state index contributed by atoms with van der Waals surface area (Å²) in [4.78, 5) is 0. The van der Waals surface area contributed by atoms with Crippen LogP contribution in [0, 0.1) is 30.6 Å². The van der Waals surface area contributed by atoms with E-state index < -0.39 is 0 Å². The molecule has 3 nitrogen and oxygen atoms in total. The van der Waals surface area contributed by atoms with Crippen molar-refractivity contribution in [2.45, 2.75) is 110 Å². The second kappa shape index (κ2) is 13.9. The lowest BCUT2D eigenvalue weighted by atomic mass is 9.62. The predicted molar refractivity (Wildman–Crippen MR) is 189 cm³/mol. The number of aromatic hydroxyl groups is 1. The van der Waals surface area contributed by atoms with Gasteiger partial charge in [-0.1, -0.05) is 71.0 Å². The van der Waals surface area contributed by atoms with Gasteiger partial charge in [0.2, 0.25) is 0 Å². The molecule has 0 aliphatic heterocycles. The second-order valence-corrected chi connectivity index (χ2v) is 14.8. The smallest absolute Gasteiger partial charge is 0.126 e. The van der Waals surface area contributed by atoms with E-state index in [1.54, 1.807) is 35.5 Å². The maximum Gasteiger partial charge on any atom is 0.126 e. The maximum absolute atomic E-state index is 9.86. The Kier molecular flexibility index (Phi) is 9.48. The molecule has 2 saturated carbocycles. The van der Waals surface area contributed by atoms with Crippen LogP contribution in [-0.4, -0.2) is 19.3 Å². The van der Waals surface area contributed by atoms with Gasteiger partial charge in [0.05, 0.1) is 14.2 Å². The Labute approximate surface area is 277 Å². The van der Waals surface area contributed by atoms with Crippen molar-refractivity contribution in [2.75, 3.05) is 14.2 Å². The van der Waals surface area contributed by atoms with Crippen LogP contribution in [0.3, 0.4) is 0 Å². The minimum Gasteiger partial charge on any atom is -0.508 e. The van der Waals surface area contributed by atoms with E-state index in [9.17, 15) is 5.11 Å². The predicted octanol–water partition coefficient (Wildman–Crippen LogP) is 11.5. The first-order chi connectivity index (χ1) is 22.6. The van der Waals surface area contributed by atoms with Crippen LogP contribution in [0.1, 0.15) is 119 Å². The van der Waals surface area contributed by atoms with Crippen molar-refractivity contribution in [3.05, 3.63) is 98.7 Å². The van der Waals surface area contributed by atoms with Gasteiger partial charge in [-0.05, 0) is 138 Å². The average molecular weight is 619 g/mol. The first-order valence-electron chi connectivity index (χ1n) is 18.4. The van der Waals surface area contributed by atoms with Crippen LogP contribution < -0.4 is 0 Å². The molecule has 2 fully saturated rings. The summed E-state index contributed by atoms with van der Waals surface area (Å²) in [6.45, 7) is 2.17. The first-order valence-corrected chi connectivity index (χ1v) is 18.4. The Morgan fingerprint density at radius 2 is 1.11 bits per heavy atom. The van der Waals surface area contributed by atoms with E-state index in [1.807, 2.05) is 24.8 Å². The van der Waals surface area contributed by atoms with Gasteiger partial charge >= 0.3 is 0 Å². The van der Waals surface area contributed by atoms with Crippen molar-refractivity contribution >= 4 is 11.5 Å². The molecule has 0 heterocycles. The highest BCUT2D eigenvalue weighted by Gasteiger charge is 2.40. The van der Waals surface area contributed by atoms with Gasteiger partial charge in [0.15, 0.2) is 0 Å². The van der Waals surface area contributed by atoms with Gasteiger partial charge < -0.3 is 14.6 Å². The molecule has 2 aromatic carbocycles. The number of ether oxygens (including phenoxy) is 2. The molecule has 4 atom stereocenters. The quantitative estimate of drug-likeness (QED) is 0.274. The van der Waals surface area contributed by atoms with Gasteiger partial charge in [-0.3, -0.25) is 0 Å². The summed E-state index contributed by atoms with van der Waals surface area (Å²) in [5.41, 5.74) is 13.9. The van der Waals surface area contributed by atoms with Crippen LogP contribution in [0.25, 0.3) is 11.5 Å². The Hall–Kier alpha value is -3.20. The number of rotatable bonds is 4. The van der Waals surface area contributed by atoms with Gasteiger partial charge in [0, 0.05) is 23.0 Å². The van der Waals surface area contributed by atoms with Crippen LogP contribution >= 0.6 is 0 Å². The lowest BCUT2D eigenvalue weighted by Gasteiger charge is -2.43. The number of hydrogen-bond acceptors (Lipinski definition) is 3. The van der Waals surface area contributed by atoms with Crippen LogP contribution in [0.5, 0.6) is 5.75 Å². The van der Waals surface area contributed by atoms with Gasteiger partial charge in [0.25, 0.3) is 0 Å². The highest BCUT2D eigenvalue weighted by molar-refractivity contribution is 5.68. The number of phenols is 1. The topological polar surface area (TPSA) is 38.7 Å². The van der Waals surface area contributed by atoms with Gasteiger partial charge in [0.1, 0.15) is 17.3 Å². The second-order valence-electron chi connectivity index (χ2n) is 14.8. The SMILES string of the molecule is CO/C(=C1\C2CCCC1C1=C(CCCC1)C2)c1cccc(C)c1.CO/C(=C1\C2CCCC1C1=C(CCCC1)C2)c1cccc(O)c1. The molecule has 6 aliphatic rings. The van der Waals surface area contributed by atoms with E-state index in [0.717, 1.165) is 17.2 Å². The Morgan fingerprint density at radius 3 is 1.61 bits per heavy atom. The molecule has 3 heteroatoms. The van der Waals surface area contributed by atoms with E-state index in [4.69, 9.17) is 9.47 Å². The van der Waals surface area contributed by atoms with Crippen molar-refractivity contribution in [2.24, 2.45) is 23.7 Å². The Bertz CT molecular complexity index is 1450. The first kappa shape index (κ1) is 31.4. The number of phenolic OH excluding ortho intramolecular Hbond substituents is 1. The molecule has 0 aromatic heterocycles. The highest BCUT2D eigenvalue weighted by atomic mass is 16.5. The number of aryl methyl sites for hydroxylation is 1. The number of allylic oxidation sites excluding steroid dienone is 6. The van der Waals surface area contributed by atoms with E-state index in [1.165, 1.54) is 125 Å². The molecular formula is C43H54O3. The fraction of sp³-hybridized carbons (Fsp3) is 0.535. The monoisotopic (exact) mass is 618 g/mol. The van der Waals surface area contributed by atoms with Crippen molar-refractivity contribution in [3.8, 4) is 5.75 Å². The van der Waals surface area contributed by atoms with E-state index in [2.05, 4.69) is 37.3 Å². The number of fused-ring (bicyclic) bond motifs is 6. The van der Waals surface area contributed by atoms with Gasteiger partial charge in [-0.25, -0.2) is 0 Å². The summed E-state index contributed by atoms with van der Waals surface area (Å²) in [5, 5.41) is 9.86. The van der Waals surface area contributed by atoms with Crippen molar-refractivity contribution in [1.29, 1.82) is 0 Å². The molecule has 4 bridgehead atoms. The molecule has 0 spiro atoms. The zero-order valence-electron chi connectivity index (χ0n) is 28.5. The molecule has 46 heavy (non-hydrogen) atoms. The average Bonchev–Trinajstić information content (AvgIpc) is 3.06. The fourth-order valence-corrected chi connectivity index (χ4v) is 10.3. The van der Waals surface area contributed by atoms with Crippen molar-refractivity contribution < 1.29 is 14.6 Å². The minimum absolute atomic E-state index is 0.316. The Balaban J connectivity index is 0.000000147. The summed E-state index contributed by atoms with van der Waals surface area (Å²) in [7, 11) is 3.65.